The van der Waals surface area contributed by atoms with Crippen LogP contribution in [0.15, 0.2) is 30.3 Å². The van der Waals surface area contributed by atoms with Crippen molar-refractivity contribution in [3.05, 3.63) is 35.9 Å². The first-order chi connectivity index (χ1) is 10.0. The summed E-state index contributed by atoms with van der Waals surface area (Å²) in [5.41, 5.74) is 0.690. The Balaban J connectivity index is 2.66. The average Bonchev–Trinajstić information content (AvgIpc) is 2.49. The number of hydrogen-bond acceptors (Lipinski definition) is 2. The molecule has 0 saturated carbocycles. The number of carboxylic acid groups (broad SMARTS) is 1. The molecular weight excluding hydrogens is 268 g/mol. The van der Waals surface area contributed by atoms with Gasteiger partial charge in [0.05, 0.1) is 5.92 Å². The molecule has 1 atom stereocenters. The van der Waals surface area contributed by atoms with Gasteiger partial charge < -0.3 is 15.3 Å². The average molecular weight is 292 g/mol. The largest absolute Gasteiger partial charge is 0.481 e. The van der Waals surface area contributed by atoms with Gasteiger partial charge in [0.25, 0.3) is 0 Å². The Morgan fingerprint density at radius 1 is 1.19 bits per heavy atom. The molecule has 1 aromatic rings. The molecule has 0 fully saturated rings. The van der Waals surface area contributed by atoms with Crippen molar-refractivity contribution in [1.82, 2.24) is 10.2 Å². The van der Waals surface area contributed by atoms with Gasteiger partial charge >= 0.3 is 12.0 Å². The molecule has 21 heavy (non-hydrogen) atoms. The van der Waals surface area contributed by atoms with Crippen molar-refractivity contribution < 1.29 is 14.7 Å². The number of carboxylic acids is 1. The lowest BCUT2D eigenvalue weighted by Gasteiger charge is -2.27. The second kappa shape index (κ2) is 8.29. The smallest absolute Gasteiger partial charge is 0.317 e. The topological polar surface area (TPSA) is 69.6 Å². The number of hydrogen-bond donors (Lipinski definition) is 2. The van der Waals surface area contributed by atoms with Crippen LogP contribution in [0.25, 0.3) is 0 Å². The Hall–Kier alpha value is -2.04. The fraction of sp³-hybridized carbons (Fsp3) is 0.500. The van der Waals surface area contributed by atoms with Crippen LogP contribution in [-0.2, 0) is 4.79 Å². The zero-order valence-electron chi connectivity index (χ0n) is 12.9. The Morgan fingerprint density at radius 2 is 1.76 bits per heavy atom. The third kappa shape index (κ3) is 4.77. The summed E-state index contributed by atoms with van der Waals surface area (Å²) in [6.07, 6.45) is 1.75. The van der Waals surface area contributed by atoms with E-state index in [1.807, 2.05) is 19.9 Å². The normalized spacial score (nSPS) is 12.0. The third-order valence-corrected chi connectivity index (χ3v) is 3.77. The van der Waals surface area contributed by atoms with Crippen molar-refractivity contribution in [1.29, 1.82) is 0 Å². The maximum atomic E-state index is 12.1. The van der Waals surface area contributed by atoms with Gasteiger partial charge in [-0.3, -0.25) is 4.79 Å². The van der Waals surface area contributed by atoms with Crippen LogP contribution in [0.1, 0.15) is 38.2 Å². The SMILES string of the molecule is CCC(CC)N(C)C(=O)NCC(C(=O)O)c1ccccc1. The molecule has 0 spiro atoms. The highest BCUT2D eigenvalue weighted by atomic mass is 16.4. The van der Waals surface area contributed by atoms with Crippen LogP contribution < -0.4 is 5.32 Å². The predicted octanol–water partition coefficient (Wildman–Crippen LogP) is 2.68. The molecule has 2 amide bonds. The number of aliphatic carboxylic acids is 1. The first-order valence-electron chi connectivity index (χ1n) is 7.29. The van der Waals surface area contributed by atoms with E-state index in [1.54, 1.807) is 36.2 Å². The van der Waals surface area contributed by atoms with Crippen LogP contribution in [0.3, 0.4) is 0 Å². The summed E-state index contributed by atoms with van der Waals surface area (Å²) in [6.45, 7) is 4.15. The quantitative estimate of drug-likeness (QED) is 0.811. The van der Waals surface area contributed by atoms with Crippen LogP contribution in [-0.4, -0.2) is 41.6 Å². The monoisotopic (exact) mass is 292 g/mol. The van der Waals surface area contributed by atoms with Crippen molar-refractivity contribution in [2.75, 3.05) is 13.6 Å². The van der Waals surface area contributed by atoms with Gasteiger partial charge in [-0.2, -0.15) is 0 Å². The van der Waals surface area contributed by atoms with Crippen LogP contribution >= 0.6 is 0 Å². The molecule has 0 saturated heterocycles. The van der Waals surface area contributed by atoms with Crippen LogP contribution in [0.5, 0.6) is 0 Å². The van der Waals surface area contributed by atoms with Gasteiger partial charge in [-0.05, 0) is 18.4 Å². The Labute approximate surface area is 126 Å². The molecule has 116 valence electrons. The second-order valence-electron chi connectivity index (χ2n) is 5.07. The number of nitrogens with zero attached hydrogens (tertiary/aromatic N) is 1. The molecule has 0 bridgehead atoms. The van der Waals surface area contributed by atoms with Crippen molar-refractivity contribution in [2.24, 2.45) is 0 Å². The van der Waals surface area contributed by atoms with Gasteiger partial charge in [0, 0.05) is 19.6 Å². The van der Waals surface area contributed by atoms with E-state index in [0.29, 0.717) is 5.56 Å². The lowest BCUT2D eigenvalue weighted by Crippen LogP contribution is -2.45. The van der Waals surface area contributed by atoms with Gasteiger partial charge in [-0.1, -0.05) is 44.2 Å². The van der Waals surface area contributed by atoms with E-state index in [1.165, 1.54) is 0 Å². The number of urea groups is 1. The Morgan fingerprint density at radius 3 is 2.24 bits per heavy atom. The van der Waals surface area contributed by atoms with Crippen molar-refractivity contribution in [2.45, 2.75) is 38.6 Å². The lowest BCUT2D eigenvalue weighted by molar-refractivity contribution is -0.138. The molecule has 0 radical (unpaired) electrons. The first-order valence-corrected chi connectivity index (χ1v) is 7.29. The van der Waals surface area contributed by atoms with Crippen molar-refractivity contribution in [3.8, 4) is 0 Å². The van der Waals surface area contributed by atoms with E-state index in [0.717, 1.165) is 12.8 Å². The van der Waals surface area contributed by atoms with E-state index in [-0.39, 0.29) is 18.6 Å². The zero-order valence-corrected chi connectivity index (χ0v) is 12.9. The fourth-order valence-electron chi connectivity index (χ4n) is 2.35. The van der Waals surface area contributed by atoms with Crippen molar-refractivity contribution >= 4 is 12.0 Å². The highest BCUT2D eigenvalue weighted by molar-refractivity contribution is 5.79. The number of nitrogens with one attached hydrogen (secondary N) is 1. The van der Waals surface area contributed by atoms with E-state index < -0.39 is 11.9 Å². The maximum absolute atomic E-state index is 12.1. The molecule has 0 aliphatic rings. The Kier molecular flexibility index (Phi) is 6.72. The standard InChI is InChI=1S/C16H24N2O3/c1-4-13(5-2)18(3)16(21)17-11-14(15(19)20)12-9-7-6-8-10-12/h6-10,13-14H,4-5,11H2,1-3H3,(H,17,21)(H,19,20). The van der Waals surface area contributed by atoms with Crippen LogP contribution in [0, 0.1) is 0 Å². The molecule has 1 rings (SSSR count). The summed E-state index contributed by atoms with van der Waals surface area (Å²) in [4.78, 5) is 25.1. The summed E-state index contributed by atoms with van der Waals surface area (Å²) in [5, 5.41) is 12.0. The summed E-state index contributed by atoms with van der Waals surface area (Å²) in [7, 11) is 1.74. The summed E-state index contributed by atoms with van der Waals surface area (Å²) in [5.74, 6) is -1.67. The van der Waals surface area contributed by atoms with Crippen LogP contribution in [0.4, 0.5) is 4.79 Å². The second-order valence-corrected chi connectivity index (χ2v) is 5.07. The van der Waals surface area contributed by atoms with E-state index in [4.69, 9.17) is 0 Å². The maximum Gasteiger partial charge on any atom is 0.317 e. The number of carbonyl (C=O) groups excluding carboxylic acids is 1. The van der Waals surface area contributed by atoms with E-state index >= 15 is 0 Å². The molecule has 5 nitrogen and oxygen atoms in total. The summed E-state index contributed by atoms with van der Waals surface area (Å²) >= 11 is 0. The van der Waals surface area contributed by atoms with Gasteiger partial charge in [-0.25, -0.2) is 4.79 Å². The molecule has 0 aromatic heterocycles. The number of benzene rings is 1. The van der Waals surface area contributed by atoms with E-state index in [9.17, 15) is 14.7 Å². The third-order valence-electron chi connectivity index (χ3n) is 3.77. The minimum atomic E-state index is -0.938. The molecule has 0 aliphatic carbocycles. The van der Waals surface area contributed by atoms with Gasteiger partial charge in [0.1, 0.15) is 0 Å². The molecule has 1 unspecified atom stereocenters. The van der Waals surface area contributed by atoms with Crippen molar-refractivity contribution in [3.63, 3.8) is 0 Å². The highest BCUT2D eigenvalue weighted by Crippen LogP contribution is 2.15. The lowest BCUT2D eigenvalue weighted by atomic mass is 9.99. The minimum Gasteiger partial charge on any atom is -0.481 e. The number of rotatable bonds is 7. The Bertz CT molecular complexity index is 458. The highest BCUT2D eigenvalue weighted by Gasteiger charge is 2.22. The van der Waals surface area contributed by atoms with Gasteiger partial charge in [0.15, 0.2) is 0 Å². The number of carbonyl (C=O) groups is 2. The van der Waals surface area contributed by atoms with E-state index in [2.05, 4.69) is 5.32 Å². The molecular formula is C16H24N2O3. The summed E-state index contributed by atoms with van der Waals surface area (Å²) in [6, 6.07) is 8.88. The fourth-order valence-corrected chi connectivity index (χ4v) is 2.35. The first kappa shape index (κ1) is 17.0. The molecule has 2 N–H and O–H groups in total. The van der Waals surface area contributed by atoms with Crippen LogP contribution in [0.2, 0.25) is 0 Å². The molecule has 5 heteroatoms. The summed E-state index contributed by atoms with van der Waals surface area (Å²) < 4.78 is 0. The molecule has 0 aliphatic heterocycles. The van der Waals surface area contributed by atoms with Gasteiger partial charge in [0.2, 0.25) is 0 Å². The zero-order chi connectivity index (χ0) is 15.8. The minimum absolute atomic E-state index is 0.0860. The van der Waals surface area contributed by atoms with Gasteiger partial charge in [-0.15, -0.1) is 0 Å². The molecule has 1 aromatic carbocycles. The predicted molar refractivity (Wildman–Crippen MR) is 82.4 cm³/mol. The number of amides is 2. The molecule has 0 heterocycles.